The first-order chi connectivity index (χ1) is 6.86. The van der Waals surface area contributed by atoms with Gasteiger partial charge in [0.05, 0.1) is 0 Å². The number of hydrogen-bond acceptors (Lipinski definition) is 3. The normalized spacial score (nSPS) is 23.6. The summed E-state index contributed by atoms with van der Waals surface area (Å²) in [6, 6.07) is 6.30. The van der Waals surface area contributed by atoms with E-state index in [9.17, 15) is 0 Å². The molecular weight excluding hydrogens is 192 g/mol. The predicted molar refractivity (Wildman–Crippen MR) is 61.4 cm³/mol. The molecule has 2 rings (SSSR count). The van der Waals surface area contributed by atoms with Crippen LogP contribution in [-0.4, -0.2) is 22.0 Å². The third kappa shape index (κ3) is 2.49. The number of nitrogens with two attached hydrogens (primary N) is 1. The molecule has 0 aliphatic carbocycles. The number of thioether (sulfide) groups is 1. The van der Waals surface area contributed by atoms with Gasteiger partial charge in [0.15, 0.2) is 0 Å². The van der Waals surface area contributed by atoms with Gasteiger partial charge in [0.2, 0.25) is 0 Å². The van der Waals surface area contributed by atoms with E-state index in [4.69, 9.17) is 5.73 Å². The molecule has 2 nitrogen and oxygen atoms in total. The smallest absolute Gasteiger partial charge is 0.0419 e. The van der Waals surface area contributed by atoms with Crippen molar-refractivity contribution >= 4 is 11.8 Å². The lowest BCUT2D eigenvalue weighted by Gasteiger charge is -2.17. The topological polar surface area (TPSA) is 38.9 Å². The van der Waals surface area contributed by atoms with E-state index in [0.717, 1.165) is 12.1 Å². The highest BCUT2D eigenvalue weighted by Gasteiger charge is 2.22. The third-order valence-electron chi connectivity index (χ3n) is 2.61. The van der Waals surface area contributed by atoms with Gasteiger partial charge in [0.25, 0.3) is 0 Å². The van der Waals surface area contributed by atoms with Crippen LogP contribution in [0.15, 0.2) is 24.4 Å². The Hall–Kier alpha value is -0.540. The van der Waals surface area contributed by atoms with E-state index in [1.165, 1.54) is 18.6 Å². The summed E-state index contributed by atoms with van der Waals surface area (Å²) in [5.41, 5.74) is 7.27. The Morgan fingerprint density at radius 3 is 3.14 bits per heavy atom. The average Bonchev–Trinajstić information content (AvgIpc) is 2.72. The van der Waals surface area contributed by atoms with Crippen LogP contribution < -0.4 is 5.73 Å². The van der Waals surface area contributed by atoms with Crippen LogP contribution in [0.4, 0.5) is 0 Å². The summed E-state index contributed by atoms with van der Waals surface area (Å²) in [5, 5.41) is 0.650. The SMILES string of the molecule is NC(Cc1ccccn1)C1CCCS1. The van der Waals surface area contributed by atoms with Gasteiger partial charge in [-0.25, -0.2) is 0 Å². The van der Waals surface area contributed by atoms with E-state index in [1.807, 2.05) is 30.1 Å². The Morgan fingerprint density at radius 2 is 2.50 bits per heavy atom. The Labute approximate surface area is 89.3 Å². The van der Waals surface area contributed by atoms with Crippen LogP contribution >= 0.6 is 11.8 Å². The van der Waals surface area contributed by atoms with Crippen LogP contribution in [0.3, 0.4) is 0 Å². The van der Waals surface area contributed by atoms with Gasteiger partial charge < -0.3 is 5.73 Å². The molecule has 1 aliphatic rings. The van der Waals surface area contributed by atoms with Crippen LogP contribution in [0.5, 0.6) is 0 Å². The Balaban J connectivity index is 1.90. The monoisotopic (exact) mass is 208 g/mol. The van der Waals surface area contributed by atoms with Gasteiger partial charge in [-0.1, -0.05) is 6.07 Å². The number of pyridine rings is 1. The van der Waals surface area contributed by atoms with Crippen molar-refractivity contribution in [1.82, 2.24) is 4.98 Å². The van der Waals surface area contributed by atoms with E-state index in [1.54, 1.807) is 0 Å². The van der Waals surface area contributed by atoms with Crippen LogP contribution in [-0.2, 0) is 6.42 Å². The highest BCUT2D eigenvalue weighted by molar-refractivity contribution is 8.00. The first-order valence-electron chi connectivity index (χ1n) is 5.13. The first-order valence-corrected chi connectivity index (χ1v) is 6.18. The molecule has 0 aromatic carbocycles. The summed E-state index contributed by atoms with van der Waals surface area (Å²) in [6.45, 7) is 0. The zero-order valence-corrected chi connectivity index (χ0v) is 9.04. The quantitative estimate of drug-likeness (QED) is 0.824. The third-order valence-corrected chi connectivity index (χ3v) is 4.15. The van der Waals surface area contributed by atoms with Crippen molar-refractivity contribution in [3.63, 3.8) is 0 Å². The van der Waals surface area contributed by atoms with Crippen molar-refractivity contribution < 1.29 is 0 Å². The molecule has 0 saturated carbocycles. The zero-order chi connectivity index (χ0) is 9.80. The summed E-state index contributed by atoms with van der Waals surface area (Å²) in [6.07, 6.45) is 5.35. The van der Waals surface area contributed by atoms with E-state index in [0.29, 0.717) is 5.25 Å². The Morgan fingerprint density at radius 1 is 1.57 bits per heavy atom. The molecule has 76 valence electrons. The molecule has 3 heteroatoms. The minimum Gasteiger partial charge on any atom is -0.326 e. The molecule has 1 fully saturated rings. The van der Waals surface area contributed by atoms with Gasteiger partial charge in [0.1, 0.15) is 0 Å². The van der Waals surface area contributed by atoms with Crippen LogP contribution in [0.1, 0.15) is 18.5 Å². The lowest BCUT2D eigenvalue weighted by atomic mass is 10.1. The molecule has 1 aliphatic heterocycles. The number of hydrogen-bond donors (Lipinski definition) is 1. The van der Waals surface area contributed by atoms with Crippen LogP contribution in [0.2, 0.25) is 0 Å². The van der Waals surface area contributed by atoms with E-state index in [-0.39, 0.29) is 6.04 Å². The number of aromatic nitrogens is 1. The second kappa shape index (κ2) is 4.80. The minimum atomic E-state index is 0.275. The van der Waals surface area contributed by atoms with Crippen molar-refractivity contribution in [3.05, 3.63) is 30.1 Å². The largest absolute Gasteiger partial charge is 0.326 e. The number of nitrogens with zero attached hydrogens (tertiary/aromatic N) is 1. The first kappa shape index (κ1) is 9.99. The van der Waals surface area contributed by atoms with Gasteiger partial charge in [-0.3, -0.25) is 4.98 Å². The molecule has 1 aromatic rings. The van der Waals surface area contributed by atoms with Crippen molar-refractivity contribution in [2.45, 2.75) is 30.6 Å². The minimum absolute atomic E-state index is 0.275. The highest BCUT2D eigenvalue weighted by atomic mass is 32.2. The lowest BCUT2D eigenvalue weighted by molar-refractivity contribution is 0.602. The maximum atomic E-state index is 6.15. The summed E-state index contributed by atoms with van der Waals surface area (Å²) < 4.78 is 0. The molecule has 2 heterocycles. The fourth-order valence-corrected chi connectivity index (χ4v) is 3.14. The lowest BCUT2D eigenvalue weighted by Crippen LogP contribution is -2.33. The van der Waals surface area contributed by atoms with Crippen molar-refractivity contribution in [1.29, 1.82) is 0 Å². The van der Waals surface area contributed by atoms with Gasteiger partial charge >= 0.3 is 0 Å². The molecule has 1 saturated heterocycles. The molecule has 0 spiro atoms. The summed E-state index contributed by atoms with van der Waals surface area (Å²) >= 11 is 2.02. The maximum absolute atomic E-state index is 6.15. The maximum Gasteiger partial charge on any atom is 0.0419 e. The highest BCUT2D eigenvalue weighted by Crippen LogP contribution is 2.28. The van der Waals surface area contributed by atoms with Crippen LogP contribution in [0, 0.1) is 0 Å². The Kier molecular flexibility index (Phi) is 3.43. The van der Waals surface area contributed by atoms with E-state index >= 15 is 0 Å². The van der Waals surface area contributed by atoms with Crippen molar-refractivity contribution in [3.8, 4) is 0 Å². The second-order valence-electron chi connectivity index (χ2n) is 3.74. The number of rotatable bonds is 3. The molecule has 14 heavy (non-hydrogen) atoms. The van der Waals surface area contributed by atoms with Gasteiger partial charge in [-0.15, -0.1) is 0 Å². The van der Waals surface area contributed by atoms with Crippen molar-refractivity contribution in [2.24, 2.45) is 5.73 Å². The molecule has 2 N–H and O–H groups in total. The fourth-order valence-electron chi connectivity index (χ4n) is 1.83. The standard InChI is InChI=1S/C11H16N2S/c12-10(11-5-3-7-14-11)8-9-4-1-2-6-13-9/h1-2,4,6,10-11H,3,5,7-8,12H2. The molecule has 1 aromatic heterocycles. The molecular formula is C11H16N2S. The second-order valence-corrected chi connectivity index (χ2v) is 5.09. The molecule has 0 bridgehead atoms. The molecule has 2 atom stereocenters. The van der Waals surface area contributed by atoms with Crippen molar-refractivity contribution in [2.75, 3.05) is 5.75 Å². The van der Waals surface area contributed by atoms with Gasteiger partial charge in [0, 0.05) is 29.6 Å². The van der Waals surface area contributed by atoms with E-state index in [2.05, 4.69) is 11.1 Å². The Bertz CT molecular complexity index is 270. The molecule has 0 radical (unpaired) electrons. The molecule has 2 unspecified atom stereocenters. The average molecular weight is 208 g/mol. The summed E-state index contributed by atoms with van der Waals surface area (Å²) in [5.74, 6) is 1.28. The summed E-state index contributed by atoms with van der Waals surface area (Å²) in [4.78, 5) is 4.30. The van der Waals surface area contributed by atoms with Gasteiger partial charge in [-0.05, 0) is 30.7 Å². The van der Waals surface area contributed by atoms with E-state index < -0.39 is 0 Å². The van der Waals surface area contributed by atoms with Crippen LogP contribution in [0.25, 0.3) is 0 Å². The zero-order valence-electron chi connectivity index (χ0n) is 8.23. The summed E-state index contributed by atoms with van der Waals surface area (Å²) in [7, 11) is 0. The predicted octanol–water partition coefficient (Wildman–Crippen LogP) is 1.85. The fraction of sp³-hybridized carbons (Fsp3) is 0.545. The molecule has 0 amide bonds. The van der Waals surface area contributed by atoms with Gasteiger partial charge in [-0.2, -0.15) is 11.8 Å².